The summed E-state index contributed by atoms with van der Waals surface area (Å²) in [5.41, 5.74) is 3.63. The predicted octanol–water partition coefficient (Wildman–Crippen LogP) is 0.626. The average Bonchev–Trinajstić information content (AvgIpc) is 2.54. The zero-order valence-electron chi connectivity index (χ0n) is 13.0. The van der Waals surface area contributed by atoms with Gasteiger partial charge in [0.05, 0.1) is 25.5 Å². The minimum atomic E-state index is 0.768. The first-order chi connectivity index (χ1) is 10.3. The van der Waals surface area contributed by atoms with Crippen molar-refractivity contribution in [3.8, 4) is 0 Å². The van der Waals surface area contributed by atoms with Gasteiger partial charge in [0.2, 0.25) is 5.95 Å². The highest BCUT2D eigenvalue weighted by atomic mass is 16.5. The van der Waals surface area contributed by atoms with Crippen LogP contribution in [0, 0.1) is 6.92 Å². The summed E-state index contributed by atoms with van der Waals surface area (Å²) in [6, 6.07) is 0. The third-order valence-corrected chi connectivity index (χ3v) is 4.24. The molecule has 1 aromatic heterocycles. The fraction of sp³-hybridized carbons (Fsp3) is 0.733. The summed E-state index contributed by atoms with van der Waals surface area (Å²) in [6.07, 6.45) is 1.000. The monoisotopic (exact) mass is 292 g/mol. The molecule has 1 aromatic rings. The SMILES string of the molecule is COCCN1CCc2nc(N3CCOCC3)nc(C)c2C1. The average molecular weight is 292 g/mol. The lowest BCUT2D eigenvalue weighted by atomic mass is 10.0. The van der Waals surface area contributed by atoms with Gasteiger partial charge in [0, 0.05) is 57.5 Å². The number of nitrogens with zero attached hydrogens (tertiary/aromatic N) is 4. The van der Waals surface area contributed by atoms with Crippen molar-refractivity contribution in [3.05, 3.63) is 17.0 Å². The summed E-state index contributed by atoms with van der Waals surface area (Å²) in [4.78, 5) is 14.2. The van der Waals surface area contributed by atoms with E-state index in [2.05, 4.69) is 16.7 Å². The third-order valence-electron chi connectivity index (χ3n) is 4.24. The van der Waals surface area contributed by atoms with Crippen molar-refractivity contribution < 1.29 is 9.47 Å². The van der Waals surface area contributed by atoms with Crippen molar-refractivity contribution >= 4 is 5.95 Å². The van der Waals surface area contributed by atoms with Crippen LogP contribution in [0.25, 0.3) is 0 Å². The van der Waals surface area contributed by atoms with Crippen LogP contribution in [0.15, 0.2) is 0 Å². The van der Waals surface area contributed by atoms with Gasteiger partial charge in [-0.05, 0) is 6.92 Å². The lowest BCUT2D eigenvalue weighted by Crippen LogP contribution is -2.39. The fourth-order valence-corrected chi connectivity index (χ4v) is 2.93. The second-order valence-electron chi connectivity index (χ2n) is 5.65. The molecule has 6 heteroatoms. The van der Waals surface area contributed by atoms with E-state index in [1.165, 1.54) is 11.3 Å². The molecule has 1 fully saturated rings. The van der Waals surface area contributed by atoms with Gasteiger partial charge in [-0.2, -0.15) is 0 Å². The van der Waals surface area contributed by atoms with Crippen molar-refractivity contribution in [1.29, 1.82) is 0 Å². The van der Waals surface area contributed by atoms with Crippen LogP contribution < -0.4 is 4.90 Å². The predicted molar refractivity (Wildman–Crippen MR) is 80.7 cm³/mol. The number of fused-ring (bicyclic) bond motifs is 1. The first kappa shape index (κ1) is 14.7. The van der Waals surface area contributed by atoms with Gasteiger partial charge in [-0.1, -0.05) is 0 Å². The molecule has 0 saturated carbocycles. The molecule has 1 saturated heterocycles. The van der Waals surface area contributed by atoms with E-state index < -0.39 is 0 Å². The summed E-state index contributed by atoms with van der Waals surface area (Å²) in [5, 5.41) is 0. The summed E-state index contributed by atoms with van der Waals surface area (Å²) in [5.74, 6) is 0.875. The van der Waals surface area contributed by atoms with E-state index in [-0.39, 0.29) is 0 Å². The lowest BCUT2D eigenvalue weighted by molar-refractivity contribution is 0.122. The Kier molecular flexibility index (Phi) is 4.67. The maximum absolute atomic E-state index is 5.40. The standard InChI is InChI=1S/C15H24N4O2/c1-12-13-11-18(5-8-20-2)4-3-14(13)17-15(16-12)19-6-9-21-10-7-19/h3-11H2,1-2H3. The van der Waals surface area contributed by atoms with Crippen molar-refractivity contribution in [2.45, 2.75) is 19.9 Å². The molecule has 3 rings (SSSR count). The number of morpholine rings is 1. The Balaban J connectivity index is 1.76. The Bertz CT molecular complexity index is 489. The van der Waals surface area contributed by atoms with E-state index in [0.717, 1.165) is 70.6 Å². The number of aryl methyl sites for hydroxylation is 1. The Hall–Kier alpha value is -1.24. The van der Waals surface area contributed by atoms with Gasteiger partial charge in [0.1, 0.15) is 0 Å². The van der Waals surface area contributed by atoms with Gasteiger partial charge >= 0.3 is 0 Å². The second kappa shape index (κ2) is 6.68. The summed E-state index contributed by atoms with van der Waals surface area (Å²) >= 11 is 0. The number of rotatable bonds is 4. The van der Waals surface area contributed by atoms with Crippen LogP contribution in [0.4, 0.5) is 5.95 Å². The Morgan fingerprint density at radius 3 is 2.76 bits per heavy atom. The molecule has 0 aromatic carbocycles. The molecule has 0 unspecified atom stereocenters. The third kappa shape index (κ3) is 3.33. The largest absolute Gasteiger partial charge is 0.383 e. The van der Waals surface area contributed by atoms with Crippen LogP contribution in [-0.4, -0.2) is 68.0 Å². The molecule has 0 atom stereocenters. The molecule has 0 amide bonds. The zero-order chi connectivity index (χ0) is 14.7. The number of methoxy groups -OCH3 is 1. The molecule has 2 aliphatic rings. The normalized spacial score (nSPS) is 19.6. The van der Waals surface area contributed by atoms with Crippen LogP contribution in [0.3, 0.4) is 0 Å². The topological polar surface area (TPSA) is 50.7 Å². The Morgan fingerprint density at radius 2 is 2.00 bits per heavy atom. The summed E-state index contributed by atoms with van der Waals surface area (Å²) in [7, 11) is 1.75. The lowest BCUT2D eigenvalue weighted by Gasteiger charge is -2.31. The molecule has 0 radical (unpaired) electrons. The number of ether oxygens (including phenoxy) is 2. The van der Waals surface area contributed by atoms with Gasteiger partial charge < -0.3 is 14.4 Å². The highest BCUT2D eigenvalue weighted by molar-refractivity contribution is 5.38. The van der Waals surface area contributed by atoms with Crippen LogP contribution in [0.5, 0.6) is 0 Å². The fourth-order valence-electron chi connectivity index (χ4n) is 2.93. The van der Waals surface area contributed by atoms with Gasteiger partial charge in [-0.15, -0.1) is 0 Å². The van der Waals surface area contributed by atoms with E-state index >= 15 is 0 Å². The Labute approximate surface area is 126 Å². The molecule has 6 nitrogen and oxygen atoms in total. The minimum Gasteiger partial charge on any atom is -0.383 e. The van der Waals surface area contributed by atoms with Crippen molar-refractivity contribution in [2.75, 3.05) is 58.0 Å². The number of hydrogen-bond donors (Lipinski definition) is 0. The molecular weight excluding hydrogens is 268 g/mol. The van der Waals surface area contributed by atoms with Gasteiger partial charge in [-0.25, -0.2) is 9.97 Å². The minimum absolute atomic E-state index is 0.768. The molecular formula is C15H24N4O2. The molecule has 0 bridgehead atoms. The maximum atomic E-state index is 5.40. The van der Waals surface area contributed by atoms with Gasteiger partial charge in [-0.3, -0.25) is 4.90 Å². The van der Waals surface area contributed by atoms with Crippen LogP contribution in [0.2, 0.25) is 0 Å². The summed E-state index contributed by atoms with van der Waals surface area (Å²) < 4.78 is 10.6. The molecule has 21 heavy (non-hydrogen) atoms. The highest BCUT2D eigenvalue weighted by Crippen LogP contribution is 2.22. The number of anilines is 1. The molecule has 0 spiro atoms. The number of aromatic nitrogens is 2. The van der Waals surface area contributed by atoms with Crippen LogP contribution >= 0.6 is 0 Å². The highest BCUT2D eigenvalue weighted by Gasteiger charge is 2.22. The molecule has 0 aliphatic carbocycles. The van der Waals surface area contributed by atoms with E-state index in [9.17, 15) is 0 Å². The molecule has 116 valence electrons. The van der Waals surface area contributed by atoms with Crippen LogP contribution in [-0.2, 0) is 22.4 Å². The smallest absolute Gasteiger partial charge is 0.225 e. The molecule has 2 aliphatic heterocycles. The van der Waals surface area contributed by atoms with E-state index in [4.69, 9.17) is 19.4 Å². The quantitative estimate of drug-likeness (QED) is 0.811. The van der Waals surface area contributed by atoms with E-state index in [0.29, 0.717) is 0 Å². The first-order valence-corrected chi connectivity index (χ1v) is 7.68. The zero-order valence-corrected chi connectivity index (χ0v) is 13.0. The van der Waals surface area contributed by atoms with E-state index in [1.807, 2.05) is 0 Å². The van der Waals surface area contributed by atoms with Gasteiger partial charge in [0.15, 0.2) is 0 Å². The Morgan fingerprint density at radius 1 is 1.19 bits per heavy atom. The van der Waals surface area contributed by atoms with Crippen molar-refractivity contribution in [1.82, 2.24) is 14.9 Å². The second-order valence-corrected chi connectivity index (χ2v) is 5.65. The molecule has 0 N–H and O–H groups in total. The summed E-state index contributed by atoms with van der Waals surface area (Å²) in [6.45, 7) is 9.15. The first-order valence-electron chi connectivity index (χ1n) is 7.68. The molecule has 3 heterocycles. The van der Waals surface area contributed by atoms with Crippen molar-refractivity contribution in [2.24, 2.45) is 0 Å². The van der Waals surface area contributed by atoms with Crippen molar-refractivity contribution in [3.63, 3.8) is 0 Å². The van der Waals surface area contributed by atoms with E-state index in [1.54, 1.807) is 7.11 Å². The van der Waals surface area contributed by atoms with Gasteiger partial charge in [0.25, 0.3) is 0 Å². The maximum Gasteiger partial charge on any atom is 0.225 e. The number of hydrogen-bond acceptors (Lipinski definition) is 6. The van der Waals surface area contributed by atoms with Crippen LogP contribution in [0.1, 0.15) is 17.0 Å².